The van der Waals surface area contributed by atoms with Gasteiger partial charge in [-0.05, 0) is 36.0 Å². The lowest BCUT2D eigenvalue weighted by Gasteiger charge is -2.17. The van der Waals surface area contributed by atoms with Crippen LogP contribution in [0.1, 0.15) is 43.6 Å². The molecule has 0 fully saturated rings. The SMILES string of the molecule is CCc1ccc(S(=O)(=O)Cl)cc1C(=O)NCC(C)C(C)C. The fourth-order valence-electron chi connectivity index (χ4n) is 1.81. The molecule has 1 aromatic rings. The van der Waals surface area contributed by atoms with Crippen LogP contribution in [0, 0.1) is 11.8 Å². The lowest BCUT2D eigenvalue weighted by molar-refractivity contribution is 0.0944. The van der Waals surface area contributed by atoms with Crippen molar-refractivity contribution in [1.82, 2.24) is 5.32 Å². The number of carbonyl (C=O) groups excluding carboxylic acids is 1. The first-order chi connectivity index (χ1) is 9.66. The Hall–Kier alpha value is -1.07. The summed E-state index contributed by atoms with van der Waals surface area (Å²) in [4.78, 5) is 12.2. The van der Waals surface area contributed by atoms with Crippen LogP contribution in [0.3, 0.4) is 0 Å². The van der Waals surface area contributed by atoms with Crippen molar-refractivity contribution in [3.63, 3.8) is 0 Å². The second-order valence-corrected chi connectivity index (χ2v) is 8.11. The maximum Gasteiger partial charge on any atom is 0.261 e. The maximum absolute atomic E-state index is 12.3. The molecule has 0 bridgehead atoms. The Morgan fingerprint density at radius 1 is 1.29 bits per heavy atom. The van der Waals surface area contributed by atoms with Crippen molar-refractivity contribution >= 4 is 25.6 Å². The molecule has 0 heterocycles. The van der Waals surface area contributed by atoms with Crippen molar-refractivity contribution in [2.24, 2.45) is 11.8 Å². The summed E-state index contributed by atoms with van der Waals surface area (Å²) in [6, 6.07) is 4.40. The van der Waals surface area contributed by atoms with Crippen LogP contribution >= 0.6 is 10.7 Å². The predicted molar refractivity (Wildman–Crippen MR) is 85.2 cm³/mol. The molecular weight excluding hydrogens is 310 g/mol. The molecule has 1 amide bonds. The van der Waals surface area contributed by atoms with Gasteiger partial charge >= 0.3 is 0 Å². The van der Waals surface area contributed by atoms with Crippen molar-refractivity contribution in [2.45, 2.75) is 39.0 Å². The van der Waals surface area contributed by atoms with E-state index >= 15 is 0 Å². The van der Waals surface area contributed by atoms with Crippen molar-refractivity contribution in [3.8, 4) is 0 Å². The van der Waals surface area contributed by atoms with Gasteiger partial charge in [0.15, 0.2) is 0 Å². The van der Waals surface area contributed by atoms with Crippen LogP contribution in [0.4, 0.5) is 0 Å². The molecule has 118 valence electrons. The van der Waals surface area contributed by atoms with Crippen molar-refractivity contribution in [1.29, 1.82) is 0 Å². The van der Waals surface area contributed by atoms with E-state index in [1.165, 1.54) is 12.1 Å². The molecule has 1 aromatic carbocycles. The summed E-state index contributed by atoms with van der Waals surface area (Å²) in [6.45, 7) is 8.71. The van der Waals surface area contributed by atoms with Gasteiger partial charge in [0.05, 0.1) is 4.90 Å². The van der Waals surface area contributed by atoms with Crippen molar-refractivity contribution in [2.75, 3.05) is 6.54 Å². The van der Waals surface area contributed by atoms with Crippen LogP contribution in [0.2, 0.25) is 0 Å². The minimum atomic E-state index is -3.84. The van der Waals surface area contributed by atoms with E-state index in [0.29, 0.717) is 30.4 Å². The van der Waals surface area contributed by atoms with Crippen LogP contribution in [0.5, 0.6) is 0 Å². The smallest absolute Gasteiger partial charge is 0.261 e. The molecule has 0 aliphatic carbocycles. The second kappa shape index (κ2) is 7.27. The van der Waals surface area contributed by atoms with Gasteiger partial charge in [-0.15, -0.1) is 0 Å². The number of halogens is 1. The summed E-state index contributed by atoms with van der Waals surface area (Å²) >= 11 is 0. The zero-order valence-electron chi connectivity index (χ0n) is 12.8. The minimum absolute atomic E-state index is 0.0524. The van der Waals surface area contributed by atoms with Gasteiger partial charge in [0, 0.05) is 22.8 Å². The summed E-state index contributed by atoms with van der Waals surface area (Å²) in [5.41, 5.74) is 1.17. The summed E-state index contributed by atoms with van der Waals surface area (Å²) in [7, 11) is 1.50. The van der Waals surface area contributed by atoms with E-state index in [9.17, 15) is 13.2 Å². The standard InChI is InChI=1S/C15H22ClNO3S/c1-5-12-6-7-13(21(16,19)20)8-14(12)15(18)17-9-11(4)10(2)3/h6-8,10-11H,5,9H2,1-4H3,(H,17,18). The number of benzene rings is 1. The van der Waals surface area contributed by atoms with Gasteiger partial charge in [-0.3, -0.25) is 4.79 Å². The molecule has 21 heavy (non-hydrogen) atoms. The van der Waals surface area contributed by atoms with E-state index in [1.54, 1.807) is 6.07 Å². The summed E-state index contributed by atoms with van der Waals surface area (Å²) in [6.07, 6.45) is 0.644. The van der Waals surface area contributed by atoms with E-state index < -0.39 is 9.05 Å². The molecule has 1 unspecified atom stereocenters. The number of hydrogen-bond acceptors (Lipinski definition) is 3. The first-order valence-corrected chi connectivity index (χ1v) is 9.33. The molecule has 6 heteroatoms. The van der Waals surface area contributed by atoms with E-state index in [4.69, 9.17) is 10.7 Å². The highest BCUT2D eigenvalue weighted by molar-refractivity contribution is 8.13. The van der Waals surface area contributed by atoms with Crippen LogP contribution in [-0.2, 0) is 15.5 Å². The Labute approximate surface area is 131 Å². The van der Waals surface area contributed by atoms with Crippen molar-refractivity contribution in [3.05, 3.63) is 29.3 Å². The number of nitrogens with one attached hydrogen (secondary N) is 1. The predicted octanol–water partition coefficient (Wildman–Crippen LogP) is 3.20. The lowest BCUT2D eigenvalue weighted by Crippen LogP contribution is -2.30. The first-order valence-electron chi connectivity index (χ1n) is 7.02. The zero-order chi connectivity index (χ0) is 16.2. The molecule has 1 rings (SSSR count). The average molecular weight is 332 g/mol. The van der Waals surface area contributed by atoms with Crippen LogP contribution < -0.4 is 5.32 Å². The molecule has 1 N–H and O–H groups in total. The summed E-state index contributed by atoms with van der Waals surface area (Å²) in [5, 5.41) is 2.86. The normalized spacial score (nSPS) is 13.2. The molecule has 4 nitrogen and oxygen atoms in total. The fourth-order valence-corrected chi connectivity index (χ4v) is 2.59. The molecular formula is C15H22ClNO3S. The van der Waals surface area contributed by atoms with Crippen molar-refractivity contribution < 1.29 is 13.2 Å². The van der Waals surface area contributed by atoms with Crippen LogP contribution in [-0.4, -0.2) is 20.9 Å². The highest BCUT2D eigenvalue weighted by Gasteiger charge is 2.17. The fraction of sp³-hybridized carbons (Fsp3) is 0.533. The average Bonchev–Trinajstić information content (AvgIpc) is 2.42. The summed E-state index contributed by atoms with van der Waals surface area (Å²) < 4.78 is 22.8. The Bertz CT molecular complexity index is 611. The number of amides is 1. The topological polar surface area (TPSA) is 63.2 Å². The Morgan fingerprint density at radius 3 is 2.38 bits per heavy atom. The largest absolute Gasteiger partial charge is 0.352 e. The molecule has 1 atom stereocenters. The van der Waals surface area contributed by atoms with Gasteiger partial charge in [0.25, 0.3) is 15.0 Å². The van der Waals surface area contributed by atoms with Crippen LogP contribution in [0.15, 0.2) is 23.1 Å². The maximum atomic E-state index is 12.3. The number of aryl methyl sites for hydroxylation is 1. The second-order valence-electron chi connectivity index (χ2n) is 5.54. The van der Waals surface area contributed by atoms with Gasteiger partial charge in [-0.1, -0.05) is 33.8 Å². The molecule has 0 aromatic heterocycles. The highest BCUT2D eigenvalue weighted by atomic mass is 35.7. The zero-order valence-corrected chi connectivity index (χ0v) is 14.4. The lowest BCUT2D eigenvalue weighted by atomic mass is 9.98. The third-order valence-corrected chi connectivity index (χ3v) is 5.06. The number of hydrogen-bond donors (Lipinski definition) is 1. The Morgan fingerprint density at radius 2 is 1.90 bits per heavy atom. The van der Waals surface area contributed by atoms with Crippen LogP contribution in [0.25, 0.3) is 0 Å². The van der Waals surface area contributed by atoms with Gasteiger partial charge < -0.3 is 5.32 Å². The molecule has 0 saturated heterocycles. The van der Waals surface area contributed by atoms with Gasteiger partial charge in [-0.2, -0.15) is 0 Å². The van der Waals surface area contributed by atoms with E-state index in [0.717, 1.165) is 5.56 Å². The molecule has 0 radical (unpaired) electrons. The summed E-state index contributed by atoms with van der Waals surface area (Å²) in [5.74, 6) is 0.547. The Balaban J connectivity index is 3.02. The molecule has 0 aliphatic rings. The third kappa shape index (κ3) is 5.00. The molecule has 0 saturated carbocycles. The highest BCUT2D eigenvalue weighted by Crippen LogP contribution is 2.20. The quantitative estimate of drug-likeness (QED) is 0.814. The van der Waals surface area contributed by atoms with E-state index in [-0.39, 0.29) is 10.8 Å². The third-order valence-electron chi connectivity index (χ3n) is 3.71. The monoisotopic (exact) mass is 331 g/mol. The minimum Gasteiger partial charge on any atom is -0.352 e. The van der Waals surface area contributed by atoms with E-state index in [1.807, 2.05) is 6.92 Å². The number of rotatable bonds is 6. The van der Waals surface area contributed by atoms with Gasteiger partial charge in [0.1, 0.15) is 0 Å². The first kappa shape index (κ1) is 18.0. The Kier molecular flexibility index (Phi) is 6.23. The number of carbonyl (C=O) groups is 1. The molecule has 0 spiro atoms. The van der Waals surface area contributed by atoms with Gasteiger partial charge in [-0.25, -0.2) is 8.42 Å². The van der Waals surface area contributed by atoms with Gasteiger partial charge in [0.2, 0.25) is 0 Å². The van der Waals surface area contributed by atoms with E-state index in [2.05, 4.69) is 26.1 Å². The molecule has 0 aliphatic heterocycles.